The van der Waals surface area contributed by atoms with E-state index in [4.69, 9.17) is 28.6 Å². The van der Waals surface area contributed by atoms with E-state index >= 15 is 0 Å². The highest BCUT2D eigenvalue weighted by Crippen LogP contribution is 2.25. The zero-order valence-corrected chi connectivity index (χ0v) is 17.6. The van der Waals surface area contributed by atoms with Crippen molar-refractivity contribution in [1.29, 1.82) is 0 Å². The molecule has 0 aliphatic heterocycles. The van der Waals surface area contributed by atoms with Gasteiger partial charge in [-0.2, -0.15) is 0 Å². The maximum atomic E-state index is 11.8. The summed E-state index contributed by atoms with van der Waals surface area (Å²) < 4.78 is 4.99. The molecule has 0 fully saturated rings. The summed E-state index contributed by atoms with van der Waals surface area (Å²) in [4.78, 5) is 11.8. The van der Waals surface area contributed by atoms with Crippen LogP contribution >= 0.6 is 23.8 Å². The Morgan fingerprint density at radius 2 is 1.93 bits per heavy atom. The molecule has 0 aromatic heterocycles. The molecule has 1 atom stereocenters. The van der Waals surface area contributed by atoms with Crippen LogP contribution in [0.2, 0.25) is 5.02 Å². The standard InChI is InChI=1S/C21H25ClN2O2S/c1-5-26-20(25)17-11-10-15(12-18(17)22)23-21(27)24-19(13(2)3)16-9-7-6-8-14(16)4/h6-13,19H,5H2,1-4H3,(H2,23,24,27)/t19-/m1/s1. The molecule has 0 bridgehead atoms. The maximum absolute atomic E-state index is 11.8. The van der Waals surface area contributed by atoms with E-state index in [1.54, 1.807) is 25.1 Å². The van der Waals surface area contributed by atoms with Gasteiger partial charge in [0.2, 0.25) is 0 Å². The van der Waals surface area contributed by atoms with Gasteiger partial charge in [0.15, 0.2) is 5.11 Å². The largest absolute Gasteiger partial charge is 0.462 e. The number of benzene rings is 2. The van der Waals surface area contributed by atoms with Gasteiger partial charge in [-0.05, 0) is 61.3 Å². The molecular weight excluding hydrogens is 380 g/mol. The Bertz CT molecular complexity index is 824. The summed E-state index contributed by atoms with van der Waals surface area (Å²) in [6.45, 7) is 8.45. The van der Waals surface area contributed by atoms with Crippen LogP contribution in [0.1, 0.15) is 48.3 Å². The second-order valence-electron chi connectivity index (χ2n) is 6.59. The number of anilines is 1. The first-order valence-corrected chi connectivity index (χ1v) is 9.71. The van der Waals surface area contributed by atoms with E-state index in [0.717, 1.165) is 0 Å². The monoisotopic (exact) mass is 404 g/mol. The minimum absolute atomic E-state index is 0.0838. The summed E-state index contributed by atoms with van der Waals surface area (Å²) in [6.07, 6.45) is 0. The number of rotatable bonds is 6. The van der Waals surface area contributed by atoms with Crippen molar-refractivity contribution >= 4 is 40.6 Å². The van der Waals surface area contributed by atoms with Crippen molar-refractivity contribution in [2.45, 2.75) is 33.7 Å². The molecule has 0 unspecified atom stereocenters. The molecule has 2 rings (SSSR count). The highest BCUT2D eigenvalue weighted by molar-refractivity contribution is 7.80. The average molecular weight is 405 g/mol. The number of esters is 1. The third-order valence-electron chi connectivity index (χ3n) is 4.20. The summed E-state index contributed by atoms with van der Waals surface area (Å²) in [5.41, 5.74) is 3.47. The van der Waals surface area contributed by atoms with Crippen LogP contribution in [-0.2, 0) is 4.74 Å². The zero-order chi connectivity index (χ0) is 20.0. The molecule has 6 heteroatoms. The van der Waals surface area contributed by atoms with E-state index < -0.39 is 5.97 Å². The number of aryl methyl sites for hydroxylation is 1. The average Bonchev–Trinajstić information content (AvgIpc) is 2.60. The SMILES string of the molecule is CCOC(=O)c1ccc(NC(=S)N[C@@H](c2ccccc2C)C(C)C)cc1Cl. The van der Waals surface area contributed by atoms with Crippen LogP contribution in [0.25, 0.3) is 0 Å². The van der Waals surface area contributed by atoms with Gasteiger partial charge in [-0.25, -0.2) is 4.79 Å². The van der Waals surface area contributed by atoms with E-state index in [9.17, 15) is 4.79 Å². The molecular formula is C21H25ClN2O2S. The van der Waals surface area contributed by atoms with Gasteiger partial charge >= 0.3 is 5.97 Å². The summed E-state index contributed by atoms with van der Waals surface area (Å²) >= 11 is 11.7. The fraction of sp³-hybridized carbons (Fsp3) is 0.333. The molecule has 0 heterocycles. The summed E-state index contributed by atoms with van der Waals surface area (Å²) in [7, 11) is 0. The lowest BCUT2D eigenvalue weighted by molar-refractivity contribution is 0.0526. The molecule has 0 radical (unpaired) electrons. The van der Waals surface area contributed by atoms with Crippen LogP contribution < -0.4 is 10.6 Å². The van der Waals surface area contributed by atoms with Crippen LogP contribution in [0.5, 0.6) is 0 Å². The number of halogens is 1. The first-order chi connectivity index (χ1) is 12.8. The van der Waals surface area contributed by atoms with Crippen molar-refractivity contribution in [1.82, 2.24) is 5.32 Å². The minimum Gasteiger partial charge on any atom is -0.462 e. The Morgan fingerprint density at radius 1 is 1.22 bits per heavy atom. The van der Waals surface area contributed by atoms with E-state index in [1.165, 1.54) is 11.1 Å². The Kier molecular flexibility index (Phi) is 7.63. The van der Waals surface area contributed by atoms with E-state index in [-0.39, 0.29) is 6.04 Å². The molecule has 144 valence electrons. The van der Waals surface area contributed by atoms with Crippen LogP contribution in [0.3, 0.4) is 0 Å². The van der Waals surface area contributed by atoms with Crippen molar-refractivity contribution < 1.29 is 9.53 Å². The Labute approximate surface area is 171 Å². The predicted molar refractivity (Wildman–Crippen MR) is 116 cm³/mol. The summed E-state index contributed by atoms with van der Waals surface area (Å²) in [5, 5.41) is 7.34. The lowest BCUT2D eigenvalue weighted by Crippen LogP contribution is -2.35. The molecule has 2 aromatic rings. The van der Waals surface area contributed by atoms with Crippen LogP contribution in [-0.4, -0.2) is 17.7 Å². The topological polar surface area (TPSA) is 50.4 Å². The predicted octanol–water partition coefficient (Wildman–Crippen LogP) is 5.51. The first-order valence-electron chi connectivity index (χ1n) is 8.93. The van der Waals surface area contributed by atoms with E-state index in [2.05, 4.69) is 43.5 Å². The third-order valence-corrected chi connectivity index (χ3v) is 4.73. The fourth-order valence-corrected chi connectivity index (χ4v) is 3.32. The van der Waals surface area contributed by atoms with Gasteiger partial charge in [0.1, 0.15) is 0 Å². The van der Waals surface area contributed by atoms with Gasteiger partial charge in [-0.3, -0.25) is 0 Å². The quantitative estimate of drug-likeness (QED) is 0.491. The van der Waals surface area contributed by atoms with Crippen molar-refractivity contribution in [2.24, 2.45) is 5.92 Å². The van der Waals surface area contributed by atoms with Crippen molar-refractivity contribution in [3.8, 4) is 0 Å². The summed E-state index contributed by atoms with van der Waals surface area (Å²) in [5.74, 6) is -0.0881. The van der Waals surface area contributed by atoms with Gasteiger partial charge in [-0.15, -0.1) is 0 Å². The molecule has 27 heavy (non-hydrogen) atoms. The summed E-state index contributed by atoms with van der Waals surface area (Å²) in [6, 6.07) is 13.4. The lowest BCUT2D eigenvalue weighted by atomic mass is 9.93. The molecule has 0 saturated carbocycles. The number of nitrogens with one attached hydrogen (secondary N) is 2. The van der Waals surface area contributed by atoms with E-state index in [1.807, 2.05) is 12.1 Å². The first kappa shape index (κ1) is 21.2. The highest BCUT2D eigenvalue weighted by atomic mass is 35.5. The van der Waals surface area contributed by atoms with E-state index in [0.29, 0.717) is 33.9 Å². The smallest absolute Gasteiger partial charge is 0.339 e. The van der Waals surface area contributed by atoms with Gasteiger partial charge in [-0.1, -0.05) is 49.7 Å². The van der Waals surface area contributed by atoms with Gasteiger partial charge in [0.05, 0.1) is 23.2 Å². The van der Waals surface area contributed by atoms with Crippen LogP contribution in [0.15, 0.2) is 42.5 Å². The molecule has 2 aromatic carbocycles. The molecule has 2 N–H and O–H groups in total. The molecule has 4 nitrogen and oxygen atoms in total. The Balaban J connectivity index is 2.11. The normalized spacial score (nSPS) is 11.8. The van der Waals surface area contributed by atoms with Crippen LogP contribution in [0.4, 0.5) is 5.69 Å². The number of carbonyl (C=O) groups is 1. The van der Waals surface area contributed by atoms with Gasteiger partial charge in [0.25, 0.3) is 0 Å². The van der Waals surface area contributed by atoms with Crippen molar-refractivity contribution in [3.05, 3.63) is 64.2 Å². The molecule has 0 amide bonds. The molecule has 0 saturated heterocycles. The van der Waals surface area contributed by atoms with Crippen LogP contribution in [0, 0.1) is 12.8 Å². The maximum Gasteiger partial charge on any atom is 0.339 e. The van der Waals surface area contributed by atoms with Gasteiger partial charge in [0, 0.05) is 5.69 Å². The lowest BCUT2D eigenvalue weighted by Gasteiger charge is -2.26. The second kappa shape index (κ2) is 9.72. The molecule has 0 spiro atoms. The number of thiocarbonyl (C=S) groups is 1. The number of ether oxygens (including phenoxy) is 1. The fourth-order valence-electron chi connectivity index (χ4n) is 2.81. The van der Waals surface area contributed by atoms with Gasteiger partial charge < -0.3 is 15.4 Å². The zero-order valence-electron chi connectivity index (χ0n) is 16.0. The number of hydrogen-bond acceptors (Lipinski definition) is 3. The second-order valence-corrected chi connectivity index (χ2v) is 7.41. The Morgan fingerprint density at radius 3 is 2.52 bits per heavy atom. The number of hydrogen-bond donors (Lipinski definition) is 2. The number of carbonyl (C=O) groups excluding carboxylic acids is 1. The molecule has 0 aliphatic rings. The van der Waals surface area contributed by atoms with Crippen molar-refractivity contribution in [3.63, 3.8) is 0 Å². The molecule has 0 aliphatic carbocycles. The highest BCUT2D eigenvalue weighted by Gasteiger charge is 2.19. The Hall–Kier alpha value is -2.11. The van der Waals surface area contributed by atoms with Crippen molar-refractivity contribution in [2.75, 3.05) is 11.9 Å². The third kappa shape index (κ3) is 5.68. The minimum atomic E-state index is -0.436.